The van der Waals surface area contributed by atoms with Crippen LogP contribution in [-0.4, -0.2) is 48.3 Å². The summed E-state index contributed by atoms with van der Waals surface area (Å²) < 4.78 is 5.49. The first kappa shape index (κ1) is 17.6. The number of ether oxygens (including phenoxy) is 1. The maximum Gasteiger partial charge on any atom is 0.172 e. The van der Waals surface area contributed by atoms with Crippen LogP contribution >= 0.6 is 0 Å². The Morgan fingerprint density at radius 2 is 1.88 bits per heavy atom. The normalized spacial score (nSPS) is 20.3. The summed E-state index contributed by atoms with van der Waals surface area (Å²) in [5.74, 6) is 1.70. The van der Waals surface area contributed by atoms with Gasteiger partial charge in [-0.15, -0.1) is 0 Å². The number of aromatic nitrogens is 3. The van der Waals surface area contributed by atoms with Crippen LogP contribution in [0.5, 0.6) is 0 Å². The number of pyridine rings is 1. The fourth-order valence-corrected chi connectivity index (χ4v) is 3.40. The molecular formula is C19H27N5O. The maximum atomic E-state index is 5.49. The van der Waals surface area contributed by atoms with Crippen LogP contribution in [0.2, 0.25) is 0 Å². The van der Waals surface area contributed by atoms with Crippen LogP contribution in [0.15, 0.2) is 24.5 Å². The summed E-state index contributed by atoms with van der Waals surface area (Å²) >= 11 is 0. The Balaban J connectivity index is 1.86. The Bertz CT molecular complexity index is 695. The van der Waals surface area contributed by atoms with Gasteiger partial charge in [-0.2, -0.15) is 0 Å². The molecule has 2 heterocycles. The first-order chi connectivity index (χ1) is 12.1. The topological polar surface area (TPSA) is 63.2 Å². The van der Waals surface area contributed by atoms with E-state index in [0.717, 1.165) is 54.3 Å². The van der Waals surface area contributed by atoms with Gasteiger partial charge >= 0.3 is 0 Å². The molecule has 25 heavy (non-hydrogen) atoms. The quantitative estimate of drug-likeness (QED) is 0.900. The number of rotatable bonds is 5. The van der Waals surface area contributed by atoms with E-state index in [-0.39, 0.29) is 0 Å². The van der Waals surface area contributed by atoms with Crippen molar-refractivity contribution in [2.75, 3.05) is 31.4 Å². The van der Waals surface area contributed by atoms with E-state index in [1.165, 1.54) is 0 Å². The lowest BCUT2D eigenvalue weighted by molar-refractivity contribution is 0.0659. The average molecular weight is 341 g/mol. The van der Waals surface area contributed by atoms with Gasteiger partial charge in [0.05, 0.1) is 18.0 Å². The van der Waals surface area contributed by atoms with Crippen LogP contribution in [-0.2, 0) is 4.74 Å². The van der Waals surface area contributed by atoms with Gasteiger partial charge in [-0.1, -0.05) is 0 Å². The van der Waals surface area contributed by atoms with Crippen molar-refractivity contribution in [3.8, 4) is 11.3 Å². The molecule has 134 valence electrons. The first-order valence-electron chi connectivity index (χ1n) is 8.85. The molecule has 1 N–H and O–H groups in total. The van der Waals surface area contributed by atoms with E-state index >= 15 is 0 Å². The second-order valence-electron chi connectivity index (χ2n) is 6.64. The summed E-state index contributed by atoms with van der Waals surface area (Å²) in [7, 11) is 5.80. The molecule has 1 saturated carbocycles. The molecule has 0 radical (unpaired) electrons. The molecule has 0 amide bonds. The molecule has 1 aliphatic carbocycles. The summed E-state index contributed by atoms with van der Waals surface area (Å²) in [5.41, 5.74) is 2.83. The van der Waals surface area contributed by atoms with Crippen LogP contribution in [0.25, 0.3) is 11.3 Å². The molecule has 1 fully saturated rings. The molecule has 2 aromatic rings. The van der Waals surface area contributed by atoms with E-state index in [0.29, 0.717) is 12.1 Å². The van der Waals surface area contributed by atoms with Gasteiger partial charge in [-0.25, -0.2) is 9.97 Å². The highest BCUT2D eigenvalue weighted by Gasteiger charge is 2.26. The smallest absolute Gasteiger partial charge is 0.172 e. The predicted molar refractivity (Wildman–Crippen MR) is 101 cm³/mol. The van der Waals surface area contributed by atoms with Gasteiger partial charge < -0.3 is 15.0 Å². The van der Waals surface area contributed by atoms with E-state index in [4.69, 9.17) is 9.72 Å². The summed E-state index contributed by atoms with van der Waals surface area (Å²) in [5, 5.41) is 3.17. The van der Waals surface area contributed by atoms with Crippen LogP contribution in [0, 0.1) is 6.92 Å². The number of anilines is 2. The summed E-state index contributed by atoms with van der Waals surface area (Å²) in [4.78, 5) is 16.1. The third-order valence-corrected chi connectivity index (χ3v) is 5.06. The minimum absolute atomic E-state index is 0.393. The highest BCUT2D eigenvalue weighted by molar-refractivity contribution is 5.67. The molecule has 3 rings (SSSR count). The van der Waals surface area contributed by atoms with Gasteiger partial charge in [0.2, 0.25) is 0 Å². The third-order valence-electron chi connectivity index (χ3n) is 5.06. The molecule has 0 saturated heterocycles. The molecular weight excluding hydrogens is 314 g/mol. The molecule has 0 bridgehead atoms. The van der Waals surface area contributed by atoms with Crippen LogP contribution < -0.4 is 10.2 Å². The SMILES string of the molecule is CNc1ncc(-c2ccc(C)nc2)nc1N(C)C1CCC(OC)CC1. The van der Waals surface area contributed by atoms with E-state index in [9.17, 15) is 0 Å². The standard InChI is InChI=1S/C19H27N5O/c1-13-5-6-14(11-21-13)17-12-22-18(20-2)19(23-17)24(3)15-7-9-16(25-4)10-8-15/h5-6,11-12,15-16H,7-10H2,1-4H3,(H,20,22). The maximum absolute atomic E-state index is 5.49. The van der Waals surface area contributed by atoms with Crippen molar-refractivity contribution in [3.63, 3.8) is 0 Å². The molecule has 0 spiro atoms. The minimum Gasteiger partial charge on any atom is -0.381 e. The van der Waals surface area contributed by atoms with Crippen molar-refractivity contribution < 1.29 is 4.74 Å². The van der Waals surface area contributed by atoms with Gasteiger partial charge in [-0.05, 0) is 44.7 Å². The lowest BCUT2D eigenvalue weighted by Crippen LogP contribution is -2.37. The van der Waals surface area contributed by atoms with Crippen molar-refractivity contribution in [2.24, 2.45) is 0 Å². The third kappa shape index (κ3) is 3.90. The summed E-state index contributed by atoms with van der Waals surface area (Å²) in [6, 6.07) is 4.50. The Morgan fingerprint density at radius 1 is 1.12 bits per heavy atom. The molecule has 0 atom stereocenters. The summed E-state index contributed by atoms with van der Waals surface area (Å²) in [6.07, 6.45) is 8.45. The van der Waals surface area contributed by atoms with Gasteiger partial charge in [0.1, 0.15) is 0 Å². The van der Waals surface area contributed by atoms with Crippen molar-refractivity contribution in [2.45, 2.75) is 44.8 Å². The summed E-state index contributed by atoms with van der Waals surface area (Å²) in [6.45, 7) is 1.98. The van der Waals surface area contributed by atoms with E-state index in [2.05, 4.69) is 27.2 Å². The minimum atomic E-state index is 0.393. The van der Waals surface area contributed by atoms with Gasteiger partial charge in [0.15, 0.2) is 11.6 Å². The Kier molecular flexibility index (Phi) is 5.48. The van der Waals surface area contributed by atoms with Crippen molar-refractivity contribution >= 4 is 11.6 Å². The molecule has 0 aliphatic heterocycles. The second-order valence-corrected chi connectivity index (χ2v) is 6.64. The monoisotopic (exact) mass is 341 g/mol. The molecule has 1 aliphatic rings. The number of hydrogen-bond acceptors (Lipinski definition) is 6. The number of hydrogen-bond donors (Lipinski definition) is 1. The van der Waals surface area contributed by atoms with Crippen molar-refractivity contribution in [3.05, 3.63) is 30.2 Å². The zero-order valence-corrected chi connectivity index (χ0v) is 15.5. The van der Waals surface area contributed by atoms with E-state index in [1.54, 1.807) is 13.3 Å². The Hall–Kier alpha value is -2.21. The molecule has 0 unspecified atom stereocenters. The Labute approximate surface area is 149 Å². The largest absolute Gasteiger partial charge is 0.381 e. The lowest BCUT2D eigenvalue weighted by atomic mass is 9.92. The lowest BCUT2D eigenvalue weighted by Gasteiger charge is -2.35. The van der Waals surface area contributed by atoms with Gasteiger partial charge in [-0.3, -0.25) is 4.98 Å². The molecule has 0 aromatic carbocycles. The number of nitrogens with zero attached hydrogens (tertiary/aromatic N) is 4. The average Bonchev–Trinajstić information content (AvgIpc) is 2.67. The fourth-order valence-electron chi connectivity index (χ4n) is 3.40. The van der Waals surface area contributed by atoms with E-state index < -0.39 is 0 Å². The van der Waals surface area contributed by atoms with Crippen LogP contribution in [0.3, 0.4) is 0 Å². The highest BCUT2D eigenvalue weighted by atomic mass is 16.5. The first-order valence-corrected chi connectivity index (χ1v) is 8.85. The molecule has 6 nitrogen and oxygen atoms in total. The zero-order chi connectivity index (χ0) is 17.8. The molecule has 2 aromatic heterocycles. The van der Waals surface area contributed by atoms with Gasteiger partial charge in [0, 0.05) is 44.7 Å². The Morgan fingerprint density at radius 3 is 2.48 bits per heavy atom. The number of nitrogens with one attached hydrogen (secondary N) is 1. The van der Waals surface area contributed by atoms with Crippen molar-refractivity contribution in [1.29, 1.82) is 0 Å². The second kappa shape index (κ2) is 7.78. The molecule has 6 heteroatoms. The fraction of sp³-hybridized carbons (Fsp3) is 0.526. The highest BCUT2D eigenvalue weighted by Crippen LogP contribution is 2.31. The van der Waals surface area contributed by atoms with Crippen LogP contribution in [0.1, 0.15) is 31.4 Å². The number of methoxy groups -OCH3 is 1. The van der Waals surface area contributed by atoms with Gasteiger partial charge in [0.25, 0.3) is 0 Å². The van der Waals surface area contributed by atoms with Crippen molar-refractivity contribution in [1.82, 2.24) is 15.0 Å². The number of aryl methyl sites for hydroxylation is 1. The zero-order valence-electron chi connectivity index (χ0n) is 15.5. The van der Waals surface area contributed by atoms with Crippen LogP contribution in [0.4, 0.5) is 11.6 Å². The van der Waals surface area contributed by atoms with E-state index in [1.807, 2.05) is 32.3 Å². The predicted octanol–water partition coefficient (Wildman–Crippen LogP) is 3.28.